The molecule has 4 heteroatoms. The molecular formula is C25H37ClN2O. The van der Waals surface area contributed by atoms with Crippen LogP contribution < -0.4 is 4.90 Å². The molecule has 0 aliphatic rings. The first-order valence-corrected chi connectivity index (χ1v) is 10.4. The first-order valence-electron chi connectivity index (χ1n) is 10.4. The van der Waals surface area contributed by atoms with Crippen LogP contribution in [-0.2, 0) is 0 Å². The highest BCUT2D eigenvalue weighted by Gasteiger charge is 2.24. The Morgan fingerprint density at radius 3 is 1.55 bits per heavy atom. The zero-order chi connectivity index (χ0) is 21.0. The smallest absolute Gasteiger partial charge is 0.258 e. The molecule has 3 nitrogen and oxygen atoms in total. The lowest BCUT2D eigenvalue weighted by Crippen LogP contribution is -2.40. The van der Waals surface area contributed by atoms with Crippen molar-refractivity contribution in [1.29, 1.82) is 0 Å². The largest absolute Gasteiger partial charge is 0.307 e. The van der Waals surface area contributed by atoms with Crippen LogP contribution in [0.4, 0.5) is 5.69 Å². The number of hydrogen-bond acceptors (Lipinski definition) is 2. The minimum absolute atomic E-state index is 0. The second-order valence-electron chi connectivity index (χ2n) is 8.00. The Morgan fingerprint density at radius 1 is 0.724 bits per heavy atom. The Labute approximate surface area is 183 Å². The van der Waals surface area contributed by atoms with Gasteiger partial charge in [-0.3, -0.25) is 4.79 Å². The molecule has 0 atom stereocenters. The lowest BCUT2D eigenvalue weighted by molar-refractivity contribution is 0.0982. The summed E-state index contributed by atoms with van der Waals surface area (Å²) in [6.45, 7) is 20.4. The number of likely N-dealkylation sites (N-methyl/N-ethyl adjacent to an activating group) is 1. The van der Waals surface area contributed by atoms with E-state index in [1.54, 1.807) is 0 Å². The van der Waals surface area contributed by atoms with Gasteiger partial charge in [0.25, 0.3) is 5.91 Å². The van der Waals surface area contributed by atoms with Gasteiger partial charge in [-0.25, -0.2) is 0 Å². The highest BCUT2D eigenvalue weighted by molar-refractivity contribution is 6.08. The van der Waals surface area contributed by atoms with Gasteiger partial charge in [0.05, 0.1) is 0 Å². The molecule has 0 unspecified atom stereocenters. The predicted octanol–water partition coefficient (Wildman–Crippen LogP) is 5.95. The SMILES string of the molecule is CCN(CC)CCN(C(=O)c1c(C)cc(C)cc1C)c1c(C)cc(C)cc1C.Cl. The summed E-state index contributed by atoms with van der Waals surface area (Å²) < 4.78 is 0. The topological polar surface area (TPSA) is 23.6 Å². The van der Waals surface area contributed by atoms with Crippen LogP contribution in [0.1, 0.15) is 57.6 Å². The van der Waals surface area contributed by atoms with E-state index in [0.29, 0.717) is 6.54 Å². The maximum atomic E-state index is 13.8. The fourth-order valence-electron chi connectivity index (χ4n) is 4.35. The number of anilines is 1. The minimum atomic E-state index is 0. The molecular weight excluding hydrogens is 380 g/mol. The molecule has 0 saturated carbocycles. The molecule has 0 saturated heterocycles. The third kappa shape index (κ3) is 5.83. The van der Waals surface area contributed by atoms with Crippen LogP contribution in [0.5, 0.6) is 0 Å². The second kappa shape index (κ2) is 10.8. The Hall–Kier alpha value is -1.84. The van der Waals surface area contributed by atoms with E-state index in [2.05, 4.69) is 70.7 Å². The highest BCUT2D eigenvalue weighted by atomic mass is 35.5. The van der Waals surface area contributed by atoms with Crippen LogP contribution in [0.15, 0.2) is 24.3 Å². The quantitative estimate of drug-likeness (QED) is 0.556. The van der Waals surface area contributed by atoms with Crippen LogP contribution >= 0.6 is 12.4 Å². The molecule has 0 aromatic heterocycles. The van der Waals surface area contributed by atoms with Gasteiger partial charge in [-0.15, -0.1) is 12.4 Å². The van der Waals surface area contributed by atoms with Crippen molar-refractivity contribution < 1.29 is 4.79 Å². The maximum absolute atomic E-state index is 13.8. The number of carbonyl (C=O) groups excluding carboxylic acids is 1. The number of amides is 1. The van der Waals surface area contributed by atoms with E-state index in [9.17, 15) is 4.79 Å². The van der Waals surface area contributed by atoms with Gasteiger partial charge in [-0.1, -0.05) is 49.2 Å². The van der Waals surface area contributed by atoms with Crippen molar-refractivity contribution in [2.24, 2.45) is 0 Å². The fraction of sp³-hybridized carbons (Fsp3) is 0.480. The summed E-state index contributed by atoms with van der Waals surface area (Å²) in [4.78, 5) is 18.2. The number of aryl methyl sites for hydroxylation is 6. The van der Waals surface area contributed by atoms with E-state index in [4.69, 9.17) is 0 Å². The van der Waals surface area contributed by atoms with Crippen molar-refractivity contribution in [2.45, 2.75) is 55.4 Å². The monoisotopic (exact) mass is 416 g/mol. The first kappa shape index (κ1) is 25.2. The average Bonchev–Trinajstić information content (AvgIpc) is 2.59. The lowest BCUT2D eigenvalue weighted by Gasteiger charge is -2.30. The summed E-state index contributed by atoms with van der Waals surface area (Å²) in [7, 11) is 0. The molecule has 2 aromatic carbocycles. The lowest BCUT2D eigenvalue weighted by atomic mass is 9.97. The van der Waals surface area contributed by atoms with Crippen molar-refractivity contribution >= 4 is 24.0 Å². The van der Waals surface area contributed by atoms with Gasteiger partial charge in [0.2, 0.25) is 0 Å². The van der Waals surface area contributed by atoms with E-state index >= 15 is 0 Å². The van der Waals surface area contributed by atoms with E-state index in [-0.39, 0.29) is 18.3 Å². The van der Waals surface area contributed by atoms with E-state index in [0.717, 1.165) is 53.1 Å². The highest BCUT2D eigenvalue weighted by Crippen LogP contribution is 2.29. The van der Waals surface area contributed by atoms with E-state index in [1.807, 2.05) is 18.7 Å². The molecule has 0 fully saturated rings. The van der Waals surface area contributed by atoms with Crippen LogP contribution in [0, 0.1) is 41.5 Å². The number of nitrogens with zero attached hydrogens (tertiary/aromatic N) is 2. The number of benzene rings is 2. The summed E-state index contributed by atoms with van der Waals surface area (Å²) in [5.41, 5.74) is 8.75. The van der Waals surface area contributed by atoms with Gasteiger partial charge in [-0.2, -0.15) is 0 Å². The molecule has 2 rings (SSSR count). The first-order chi connectivity index (χ1) is 13.2. The molecule has 0 aliphatic carbocycles. The van der Waals surface area contributed by atoms with Crippen LogP contribution in [-0.4, -0.2) is 37.0 Å². The summed E-state index contributed by atoms with van der Waals surface area (Å²) in [6.07, 6.45) is 0. The van der Waals surface area contributed by atoms with Crippen molar-refractivity contribution in [2.75, 3.05) is 31.1 Å². The molecule has 29 heavy (non-hydrogen) atoms. The summed E-state index contributed by atoms with van der Waals surface area (Å²) >= 11 is 0. The van der Waals surface area contributed by atoms with Crippen molar-refractivity contribution in [3.63, 3.8) is 0 Å². The Kier molecular flexibility index (Phi) is 9.38. The molecule has 0 spiro atoms. The molecule has 1 amide bonds. The molecule has 0 N–H and O–H groups in total. The zero-order valence-corrected chi connectivity index (χ0v) is 20.2. The molecule has 0 heterocycles. The normalized spacial score (nSPS) is 10.8. The van der Waals surface area contributed by atoms with Crippen LogP contribution in [0.2, 0.25) is 0 Å². The number of hydrogen-bond donors (Lipinski definition) is 0. The Balaban J connectivity index is 0.00000420. The summed E-state index contributed by atoms with van der Waals surface area (Å²) in [6, 6.07) is 8.57. The maximum Gasteiger partial charge on any atom is 0.258 e. The molecule has 0 bridgehead atoms. The van der Waals surface area contributed by atoms with E-state index < -0.39 is 0 Å². The third-order valence-electron chi connectivity index (χ3n) is 5.58. The van der Waals surface area contributed by atoms with Crippen LogP contribution in [0.3, 0.4) is 0 Å². The average molecular weight is 417 g/mol. The van der Waals surface area contributed by atoms with Crippen LogP contribution in [0.25, 0.3) is 0 Å². The molecule has 0 aliphatic heterocycles. The van der Waals surface area contributed by atoms with Crippen molar-refractivity contribution in [3.05, 3.63) is 63.2 Å². The number of halogens is 1. The fourth-order valence-corrected chi connectivity index (χ4v) is 4.35. The Bertz CT molecular complexity index is 810. The minimum Gasteiger partial charge on any atom is -0.307 e. The summed E-state index contributed by atoms with van der Waals surface area (Å²) in [5, 5.41) is 0. The number of rotatable bonds is 7. The zero-order valence-electron chi connectivity index (χ0n) is 19.3. The van der Waals surface area contributed by atoms with Gasteiger partial charge < -0.3 is 9.80 Å². The second-order valence-corrected chi connectivity index (χ2v) is 8.00. The number of carbonyl (C=O) groups is 1. The Morgan fingerprint density at radius 2 is 1.14 bits per heavy atom. The van der Waals surface area contributed by atoms with Gasteiger partial charge in [-0.05, 0) is 76.9 Å². The van der Waals surface area contributed by atoms with Gasteiger partial charge in [0, 0.05) is 24.3 Å². The van der Waals surface area contributed by atoms with Crippen molar-refractivity contribution in [1.82, 2.24) is 4.90 Å². The predicted molar refractivity (Wildman–Crippen MR) is 128 cm³/mol. The molecule has 160 valence electrons. The van der Waals surface area contributed by atoms with E-state index in [1.165, 1.54) is 11.1 Å². The van der Waals surface area contributed by atoms with Gasteiger partial charge in [0.1, 0.15) is 0 Å². The summed E-state index contributed by atoms with van der Waals surface area (Å²) in [5.74, 6) is 0.109. The molecule has 2 aromatic rings. The third-order valence-corrected chi connectivity index (χ3v) is 5.58. The van der Waals surface area contributed by atoms with Gasteiger partial charge >= 0.3 is 0 Å². The standard InChI is InChI=1S/C25H36N2O.ClH/c1-9-26(10-2)11-12-27(24-21(7)15-18(4)16-22(24)8)25(28)23-19(5)13-17(3)14-20(23)6;/h13-16H,9-12H2,1-8H3;1H. The van der Waals surface area contributed by atoms with Gasteiger partial charge in [0.15, 0.2) is 0 Å². The van der Waals surface area contributed by atoms with Crippen molar-refractivity contribution in [3.8, 4) is 0 Å². The molecule has 0 radical (unpaired) electrons.